The third-order valence-corrected chi connectivity index (χ3v) is 4.66. The molecule has 0 fully saturated rings. The van der Waals surface area contributed by atoms with Gasteiger partial charge in [-0.05, 0) is 17.2 Å². The summed E-state index contributed by atoms with van der Waals surface area (Å²) in [7, 11) is 2.04. The molecule has 5 nitrogen and oxygen atoms in total. The summed E-state index contributed by atoms with van der Waals surface area (Å²) in [5.41, 5.74) is 6.28. The molecule has 0 spiro atoms. The van der Waals surface area contributed by atoms with Gasteiger partial charge in [0.25, 0.3) is 0 Å². The van der Waals surface area contributed by atoms with E-state index in [1.54, 1.807) is 0 Å². The van der Waals surface area contributed by atoms with Crippen LogP contribution in [-0.2, 0) is 16.2 Å². The fourth-order valence-electron chi connectivity index (χ4n) is 3.29. The van der Waals surface area contributed by atoms with Crippen LogP contribution in [0, 0.1) is 0 Å². The molecule has 2 aliphatic heterocycles. The van der Waals surface area contributed by atoms with Crippen LogP contribution < -0.4 is 0 Å². The van der Waals surface area contributed by atoms with Crippen molar-refractivity contribution in [2.75, 3.05) is 20.3 Å². The van der Waals surface area contributed by atoms with Crippen LogP contribution in [0.15, 0.2) is 77.6 Å². The van der Waals surface area contributed by atoms with E-state index in [-0.39, 0.29) is 12.7 Å². The van der Waals surface area contributed by atoms with Gasteiger partial charge in [-0.2, -0.15) is 0 Å². The van der Waals surface area contributed by atoms with Crippen LogP contribution in [0.4, 0.5) is 0 Å². The molecule has 0 saturated heterocycles. The second-order valence-electron chi connectivity index (χ2n) is 6.55. The van der Waals surface area contributed by atoms with Gasteiger partial charge in [0.15, 0.2) is 6.10 Å². The van der Waals surface area contributed by atoms with Gasteiger partial charge in [-0.3, -0.25) is 0 Å². The maximum absolute atomic E-state index is 8.79. The first-order chi connectivity index (χ1) is 13.3. The number of aliphatic hydroxyl groups is 1. The van der Waals surface area contributed by atoms with Gasteiger partial charge >= 0.3 is 0 Å². The van der Waals surface area contributed by atoms with Gasteiger partial charge < -0.3 is 19.6 Å². The molecule has 27 heavy (non-hydrogen) atoms. The lowest BCUT2D eigenvalue weighted by Crippen LogP contribution is -2.23. The average Bonchev–Trinajstić information content (AvgIpc) is 3.11. The number of benzene rings is 2. The SMILES string of the molecule is CN1C=C2C(c3ccccc3)=NOC2C=C1c1ccc(COCCO)cc1. The summed E-state index contributed by atoms with van der Waals surface area (Å²) in [6.07, 6.45) is 4.03. The van der Waals surface area contributed by atoms with Crippen LogP contribution >= 0.6 is 0 Å². The van der Waals surface area contributed by atoms with Crippen LogP contribution in [0.3, 0.4) is 0 Å². The van der Waals surface area contributed by atoms with Crippen LogP contribution in [0.25, 0.3) is 5.70 Å². The summed E-state index contributed by atoms with van der Waals surface area (Å²) >= 11 is 0. The zero-order valence-corrected chi connectivity index (χ0v) is 15.2. The summed E-state index contributed by atoms with van der Waals surface area (Å²) in [6.45, 7) is 0.893. The molecule has 5 heteroatoms. The van der Waals surface area contributed by atoms with Crippen molar-refractivity contribution >= 4 is 11.4 Å². The highest BCUT2D eigenvalue weighted by molar-refractivity contribution is 6.14. The zero-order valence-electron chi connectivity index (χ0n) is 15.2. The second-order valence-corrected chi connectivity index (χ2v) is 6.55. The van der Waals surface area contributed by atoms with E-state index in [9.17, 15) is 0 Å². The largest absolute Gasteiger partial charge is 0.394 e. The third kappa shape index (κ3) is 3.65. The lowest BCUT2D eigenvalue weighted by atomic mass is 9.95. The highest BCUT2D eigenvalue weighted by Gasteiger charge is 2.31. The summed E-state index contributed by atoms with van der Waals surface area (Å²) in [6, 6.07) is 18.3. The van der Waals surface area contributed by atoms with Gasteiger partial charge in [-0.25, -0.2) is 0 Å². The zero-order chi connectivity index (χ0) is 18.6. The highest BCUT2D eigenvalue weighted by Crippen LogP contribution is 2.32. The second kappa shape index (κ2) is 7.78. The topological polar surface area (TPSA) is 54.3 Å². The predicted octanol–water partition coefficient (Wildman–Crippen LogP) is 3.17. The Hall–Kier alpha value is -2.89. The molecule has 2 aromatic rings. The Balaban J connectivity index is 1.51. The lowest BCUT2D eigenvalue weighted by Gasteiger charge is -2.26. The summed E-state index contributed by atoms with van der Waals surface area (Å²) < 4.78 is 5.37. The van der Waals surface area contributed by atoms with Crippen LogP contribution in [-0.4, -0.2) is 42.1 Å². The Morgan fingerprint density at radius 2 is 1.85 bits per heavy atom. The minimum Gasteiger partial charge on any atom is -0.394 e. The van der Waals surface area contributed by atoms with Gasteiger partial charge in [-0.15, -0.1) is 0 Å². The van der Waals surface area contributed by atoms with Crippen LogP contribution in [0.2, 0.25) is 0 Å². The number of hydrogen-bond acceptors (Lipinski definition) is 5. The Morgan fingerprint density at radius 3 is 2.59 bits per heavy atom. The molecule has 1 unspecified atom stereocenters. The maximum Gasteiger partial charge on any atom is 0.176 e. The maximum atomic E-state index is 8.79. The van der Waals surface area contributed by atoms with E-state index < -0.39 is 0 Å². The van der Waals surface area contributed by atoms with Gasteiger partial charge in [-0.1, -0.05) is 59.8 Å². The van der Waals surface area contributed by atoms with Gasteiger partial charge in [0.2, 0.25) is 0 Å². The molecule has 0 bridgehead atoms. The monoisotopic (exact) mass is 362 g/mol. The number of hydrogen-bond donors (Lipinski definition) is 1. The molecule has 0 amide bonds. The molecular weight excluding hydrogens is 340 g/mol. The number of rotatable bonds is 6. The first-order valence-corrected chi connectivity index (χ1v) is 9.00. The summed E-state index contributed by atoms with van der Waals surface area (Å²) in [5.74, 6) is 0. The molecule has 2 aromatic carbocycles. The molecule has 0 aliphatic carbocycles. The van der Waals surface area contributed by atoms with Crippen molar-refractivity contribution in [1.29, 1.82) is 0 Å². The molecule has 0 aromatic heterocycles. The fourth-order valence-corrected chi connectivity index (χ4v) is 3.29. The molecule has 0 radical (unpaired) electrons. The van der Waals surface area contributed by atoms with E-state index in [2.05, 4.69) is 34.5 Å². The minimum atomic E-state index is -0.168. The molecular formula is C22H22N2O3. The highest BCUT2D eigenvalue weighted by atomic mass is 16.6. The van der Waals surface area contributed by atoms with E-state index in [1.165, 1.54) is 0 Å². The van der Waals surface area contributed by atoms with Crippen molar-refractivity contribution in [2.24, 2.45) is 5.16 Å². The van der Waals surface area contributed by atoms with E-state index in [0.29, 0.717) is 13.2 Å². The fraction of sp³-hybridized carbons (Fsp3) is 0.227. The molecule has 4 rings (SSSR count). The summed E-state index contributed by atoms with van der Waals surface area (Å²) in [4.78, 5) is 7.79. The Kier molecular flexibility index (Phi) is 5.05. The molecule has 2 heterocycles. The molecule has 1 atom stereocenters. The molecule has 1 N–H and O–H groups in total. The quantitative estimate of drug-likeness (QED) is 0.802. The Morgan fingerprint density at radius 1 is 1.07 bits per heavy atom. The van der Waals surface area contributed by atoms with E-state index in [1.807, 2.05) is 49.5 Å². The summed E-state index contributed by atoms with van der Waals surface area (Å²) in [5, 5.41) is 13.1. The predicted molar refractivity (Wildman–Crippen MR) is 105 cm³/mol. The number of fused-ring (bicyclic) bond motifs is 1. The van der Waals surface area contributed by atoms with E-state index in [0.717, 1.165) is 33.7 Å². The number of ether oxygens (including phenoxy) is 1. The smallest absolute Gasteiger partial charge is 0.176 e. The van der Waals surface area contributed by atoms with Crippen molar-refractivity contribution in [3.8, 4) is 0 Å². The van der Waals surface area contributed by atoms with Gasteiger partial charge in [0, 0.05) is 30.1 Å². The third-order valence-electron chi connectivity index (χ3n) is 4.66. The van der Waals surface area contributed by atoms with Crippen molar-refractivity contribution in [3.63, 3.8) is 0 Å². The standard InChI is InChI=1S/C22H22N2O3/c1-24-14-19-21(27-23-22(19)18-5-3-2-4-6-18)13-20(24)17-9-7-16(8-10-17)15-26-12-11-25/h2-10,13-14,21,25H,11-12,15H2,1H3. The van der Waals surface area contributed by atoms with Crippen molar-refractivity contribution in [3.05, 3.63) is 89.1 Å². The molecule has 0 saturated carbocycles. The number of nitrogens with zero attached hydrogens (tertiary/aromatic N) is 2. The molecule has 138 valence electrons. The lowest BCUT2D eigenvalue weighted by molar-refractivity contribution is 0.0815. The van der Waals surface area contributed by atoms with Crippen molar-refractivity contribution in [2.45, 2.75) is 12.7 Å². The van der Waals surface area contributed by atoms with E-state index >= 15 is 0 Å². The van der Waals surface area contributed by atoms with Gasteiger partial charge in [0.05, 0.1) is 19.8 Å². The van der Waals surface area contributed by atoms with Crippen LogP contribution in [0.1, 0.15) is 16.7 Å². The van der Waals surface area contributed by atoms with Crippen molar-refractivity contribution in [1.82, 2.24) is 4.90 Å². The first-order valence-electron chi connectivity index (χ1n) is 9.00. The minimum absolute atomic E-state index is 0.0405. The Labute approximate surface area is 158 Å². The van der Waals surface area contributed by atoms with Crippen molar-refractivity contribution < 1.29 is 14.7 Å². The number of oxime groups is 1. The molecule has 2 aliphatic rings. The average molecular weight is 362 g/mol. The number of aliphatic hydroxyl groups excluding tert-OH is 1. The van der Waals surface area contributed by atoms with E-state index in [4.69, 9.17) is 14.7 Å². The Bertz CT molecular complexity index is 886. The first kappa shape index (κ1) is 17.5. The normalized spacial score (nSPS) is 18.4. The van der Waals surface area contributed by atoms with Gasteiger partial charge in [0.1, 0.15) is 5.71 Å². The van der Waals surface area contributed by atoms with Crippen LogP contribution in [0.5, 0.6) is 0 Å².